The smallest absolute Gasteiger partial charge is 0.319 e. The molecule has 20 heavy (non-hydrogen) atoms. The average molecular weight is 273 g/mol. The molecule has 3 rings (SSSR count). The molecule has 4 nitrogen and oxygen atoms in total. The Morgan fingerprint density at radius 1 is 1.25 bits per heavy atom. The summed E-state index contributed by atoms with van der Waals surface area (Å²) in [6.45, 7) is 2.18. The minimum absolute atomic E-state index is 0.0784. The van der Waals surface area contributed by atoms with Crippen LogP contribution in [0.4, 0.5) is 16.2 Å². The number of hydrogen-bond acceptors (Lipinski definition) is 2. The van der Waals surface area contributed by atoms with Gasteiger partial charge in [0.25, 0.3) is 0 Å². The van der Waals surface area contributed by atoms with E-state index < -0.39 is 0 Å². The van der Waals surface area contributed by atoms with Crippen molar-refractivity contribution in [2.24, 2.45) is 0 Å². The highest BCUT2D eigenvalue weighted by molar-refractivity contribution is 5.94. The first-order valence-corrected chi connectivity index (χ1v) is 7.68. The van der Waals surface area contributed by atoms with E-state index in [0.717, 1.165) is 37.1 Å². The van der Waals surface area contributed by atoms with Crippen molar-refractivity contribution in [3.63, 3.8) is 0 Å². The van der Waals surface area contributed by atoms with Gasteiger partial charge in [0.05, 0.1) is 11.4 Å². The number of carbonyl (C=O) groups is 1. The van der Waals surface area contributed by atoms with Gasteiger partial charge in [0.2, 0.25) is 0 Å². The summed E-state index contributed by atoms with van der Waals surface area (Å²) in [5, 5.41) is 9.56. The maximum atomic E-state index is 12.1. The molecule has 0 aromatic heterocycles. The summed E-state index contributed by atoms with van der Waals surface area (Å²) in [4.78, 5) is 12.1. The normalized spacial score (nSPS) is 21.9. The first kappa shape index (κ1) is 13.3. The zero-order valence-corrected chi connectivity index (χ0v) is 12.0. The summed E-state index contributed by atoms with van der Waals surface area (Å²) in [6, 6.07) is 6.85. The molecule has 4 heteroatoms. The van der Waals surface area contributed by atoms with Gasteiger partial charge in [-0.2, -0.15) is 0 Å². The molecular weight excluding hydrogens is 250 g/mol. The molecule has 0 radical (unpaired) electrons. The second-order valence-electron chi connectivity index (χ2n) is 6.00. The molecule has 1 aliphatic carbocycles. The second kappa shape index (κ2) is 5.73. The van der Waals surface area contributed by atoms with Crippen LogP contribution in [0.2, 0.25) is 0 Å². The fourth-order valence-electron chi connectivity index (χ4n) is 3.19. The summed E-state index contributed by atoms with van der Waals surface area (Å²) in [7, 11) is 0. The lowest BCUT2D eigenvalue weighted by molar-refractivity contribution is 0.248. The standard InChI is InChI=1S/C16H23N3O/c1-11-9-10-12-5-4-8-14(15(12)17-11)19-16(20)18-13-6-2-3-7-13/h4-5,8,11,13,17H,2-3,6-7,9-10H2,1H3,(H2,18,19,20). The van der Waals surface area contributed by atoms with Gasteiger partial charge in [-0.1, -0.05) is 25.0 Å². The van der Waals surface area contributed by atoms with E-state index in [1.54, 1.807) is 0 Å². The lowest BCUT2D eigenvalue weighted by Crippen LogP contribution is -2.36. The third-order valence-electron chi connectivity index (χ3n) is 4.33. The number of hydrogen-bond donors (Lipinski definition) is 3. The number of para-hydroxylation sites is 1. The predicted octanol–water partition coefficient (Wildman–Crippen LogP) is 3.50. The highest BCUT2D eigenvalue weighted by Crippen LogP contribution is 2.32. The Balaban J connectivity index is 1.69. The molecule has 0 saturated heterocycles. The second-order valence-corrected chi connectivity index (χ2v) is 6.00. The van der Waals surface area contributed by atoms with Crippen molar-refractivity contribution < 1.29 is 4.79 Å². The number of nitrogens with one attached hydrogen (secondary N) is 3. The van der Waals surface area contributed by atoms with Crippen LogP contribution in [-0.4, -0.2) is 18.1 Å². The Morgan fingerprint density at radius 2 is 2.05 bits per heavy atom. The molecule has 0 spiro atoms. The molecule has 108 valence electrons. The van der Waals surface area contributed by atoms with E-state index in [1.807, 2.05) is 12.1 Å². The fourth-order valence-corrected chi connectivity index (χ4v) is 3.19. The Hall–Kier alpha value is -1.71. The SMILES string of the molecule is CC1CCc2cccc(NC(=O)NC3CCCC3)c2N1. The van der Waals surface area contributed by atoms with E-state index in [0.29, 0.717) is 12.1 Å². The Labute approximate surface area is 120 Å². The van der Waals surface area contributed by atoms with Crippen molar-refractivity contribution in [1.82, 2.24) is 5.32 Å². The first-order chi connectivity index (χ1) is 9.72. The third-order valence-corrected chi connectivity index (χ3v) is 4.33. The molecule has 2 amide bonds. The molecule has 1 fully saturated rings. The molecule has 1 atom stereocenters. The van der Waals surface area contributed by atoms with Gasteiger partial charge in [0, 0.05) is 12.1 Å². The monoisotopic (exact) mass is 273 g/mol. The average Bonchev–Trinajstić information content (AvgIpc) is 2.92. The van der Waals surface area contributed by atoms with Crippen LogP contribution < -0.4 is 16.0 Å². The van der Waals surface area contributed by atoms with Gasteiger partial charge in [-0.15, -0.1) is 0 Å². The number of anilines is 2. The lowest BCUT2D eigenvalue weighted by atomic mass is 9.98. The van der Waals surface area contributed by atoms with Crippen molar-refractivity contribution in [3.05, 3.63) is 23.8 Å². The van der Waals surface area contributed by atoms with Crippen molar-refractivity contribution in [1.29, 1.82) is 0 Å². The Morgan fingerprint density at radius 3 is 2.85 bits per heavy atom. The van der Waals surface area contributed by atoms with E-state index in [9.17, 15) is 4.79 Å². The van der Waals surface area contributed by atoms with Gasteiger partial charge in [-0.25, -0.2) is 4.79 Å². The van der Waals surface area contributed by atoms with Crippen molar-refractivity contribution >= 4 is 17.4 Å². The molecule has 1 aromatic carbocycles. The van der Waals surface area contributed by atoms with Crippen molar-refractivity contribution in [2.75, 3.05) is 10.6 Å². The zero-order valence-electron chi connectivity index (χ0n) is 12.0. The van der Waals surface area contributed by atoms with Crippen molar-refractivity contribution in [2.45, 2.75) is 57.5 Å². The molecule has 3 N–H and O–H groups in total. The quantitative estimate of drug-likeness (QED) is 0.772. The van der Waals surface area contributed by atoms with E-state index in [1.165, 1.54) is 18.4 Å². The summed E-state index contributed by atoms with van der Waals surface area (Å²) < 4.78 is 0. The van der Waals surface area contributed by atoms with Gasteiger partial charge in [0.15, 0.2) is 0 Å². The van der Waals surface area contributed by atoms with Crippen LogP contribution in [0, 0.1) is 0 Å². The number of fused-ring (bicyclic) bond motifs is 1. The highest BCUT2D eigenvalue weighted by Gasteiger charge is 2.20. The first-order valence-electron chi connectivity index (χ1n) is 7.68. The molecule has 0 bridgehead atoms. The van der Waals surface area contributed by atoms with Gasteiger partial charge in [-0.3, -0.25) is 0 Å². The molecule has 1 unspecified atom stereocenters. The number of carbonyl (C=O) groups excluding carboxylic acids is 1. The number of rotatable bonds is 2. The molecule has 1 heterocycles. The largest absolute Gasteiger partial charge is 0.381 e. The number of amides is 2. The molecule has 1 saturated carbocycles. The van der Waals surface area contributed by atoms with Crippen LogP contribution in [-0.2, 0) is 6.42 Å². The van der Waals surface area contributed by atoms with E-state index in [2.05, 4.69) is 28.9 Å². The molecule has 1 aromatic rings. The van der Waals surface area contributed by atoms with E-state index >= 15 is 0 Å². The van der Waals surface area contributed by atoms with Gasteiger partial charge >= 0.3 is 6.03 Å². The Bertz CT molecular complexity index is 494. The van der Waals surface area contributed by atoms with Crippen molar-refractivity contribution in [3.8, 4) is 0 Å². The minimum atomic E-state index is -0.0784. The maximum absolute atomic E-state index is 12.1. The predicted molar refractivity (Wildman–Crippen MR) is 82.3 cm³/mol. The van der Waals surface area contributed by atoms with Gasteiger partial charge in [0.1, 0.15) is 0 Å². The fraction of sp³-hybridized carbons (Fsp3) is 0.562. The summed E-state index contributed by atoms with van der Waals surface area (Å²) >= 11 is 0. The van der Waals surface area contributed by atoms with Crippen LogP contribution in [0.3, 0.4) is 0 Å². The van der Waals surface area contributed by atoms with Crippen LogP contribution in [0.5, 0.6) is 0 Å². The summed E-state index contributed by atoms with van der Waals surface area (Å²) in [5.41, 5.74) is 3.28. The topological polar surface area (TPSA) is 53.2 Å². The molecule has 1 aliphatic heterocycles. The maximum Gasteiger partial charge on any atom is 0.319 e. The number of benzene rings is 1. The summed E-state index contributed by atoms with van der Waals surface area (Å²) in [6.07, 6.45) is 6.88. The van der Waals surface area contributed by atoms with Crippen LogP contribution in [0.1, 0.15) is 44.6 Å². The summed E-state index contributed by atoms with van der Waals surface area (Å²) in [5.74, 6) is 0. The van der Waals surface area contributed by atoms with Gasteiger partial charge < -0.3 is 16.0 Å². The Kier molecular flexibility index (Phi) is 3.81. The third kappa shape index (κ3) is 2.89. The number of aryl methyl sites for hydroxylation is 1. The molecular formula is C16H23N3O. The van der Waals surface area contributed by atoms with Crippen LogP contribution >= 0.6 is 0 Å². The minimum Gasteiger partial charge on any atom is -0.381 e. The number of urea groups is 1. The van der Waals surface area contributed by atoms with Crippen LogP contribution in [0.25, 0.3) is 0 Å². The van der Waals surface area contributed by atoms with E-state index in [4.69, 9.17) is 0 Å². The van der Waals surface area contributed by atoms with Crippen LogP contribution in [0.15, 0.2) is 18.2 Å². The highest BCUT2D eigenvalue weighted by atomic mass is 16.2. The van der Waals surface area contributed by atoms with Gasteiger partial charge in [-0.05, 0) is 44.2 Å². The zero-order chi connectivity index (χ0) is 13.9. The van der Waals surface area contributed by atoms with E-state index in [-0.39, 0.29) is 6.03 Å². The lowest BCUT2D eigenvalue weighted by Gasteiger charge is -2.26. The molecule has 2 aliphatic rings.